The Labute approximate surface area is 207 Å². The summed E-state index contributed by atoms with van der Waals surface area (Å²) in [5, 5.41) is 0. The van der Waals surface area contributed by atoms with Crippen molar-refractivity contribution >= 4 is 0 Å². The van der Waals surface area contributed by atoms with E-state index in [9.17, 15) is 43.9 Å². The summed E-state index contributed by atoms with van der Waals surface area (Å²) in [6, 6.07) is 0. The first-order chi connectivity index (χ1) is 16.0. The van der Waals surface area contributed by atoms with Gasteiger partial charge in [-0.15, -0.1) is 0 Å². The average molecular weight is 574 g/mol. The molecule has 6 nitrogen and oxygen atoms in total. The summed E-state index contributed by atoms with van der Waals surface area (Å²) in [6.07, 6.45) is -24.6. The normalized spacial score (nSPS) is 21.6. The van der Waals surface area contributed by atoms with E-state index in [1.807, 2.05) is 0 Å². The van der Waals surface area contributed by atoms with Gasteiger partial charge in [-0.1, -0.05) is 12.8 Å². The monoisotopic (exact) mass is 573 g/mol. The molecule has 2 aliphatic rings. The largest absolute Gasteiger partial charge is 1.00 e. The molecule has 0 aliphatic carbocycles. The molecule has 0 aromatic carbocycles. The Bertz CT molecular complexity index is 678. The molecule has 36 heavy (non-hydrogen) atoms. The minimum atomic E-state index is -6.58. The van der Waals surface area contributed by atoms with E-state index in [2.05, 4.69) is 28.7 Å². The zero-order chi connectivity index (χ0) is 26.5. The topological polar surface area (TPSA) is 43.4 Å². The molecule has 2 saturated heterocycles. The number of rotatable bonds is 13. The lowest BCUT2D eigenvalue weighted by Gasteiger charge is -2.43. The van der Waals surface area contributed by atoms with Crippen LogP contribution >= 0.6 is 0 Å². The molecule has 0 aromatic rings. The van der Waals surface area contributed by atoms with Crippen molar-refractivity contribution in [2.45, 2.75) is 75.2 Å². The molecule has 0 saturated carbocycles. The number of nitrogens with zero attached hydrogens (tertiary/aromatic N) is 2. The predicted octanol–water partition coefficient (Wildman–Crippen LogP) is 1.95. The third-order valence-corrected chi connectivity index (χ3v) is 5.61. The quantitative estimate of drug-likeness (QED) is 0.248. The van der Waals surface area contributed by atoms with Gasteiger partial charge in [0, 0.05) is 33.4 Å². The fourth-order valence-corrected chi connectivity index (χ4v) is 3.95. The maximum Gasteiger partial charge on any atom is 0.453 e. The first kappa shape index (κ1) is 33.4. The SMILES string of the molecule is COC(F)(F)C(F)(F)OC(F)(F)C(F)(F)OC(F)(F)COCCCN1CCCN2CCCCCC21.[Cl-]. The van der Waals surface area contributed by atoms with Crippen molar-refractivity contribution < 1.29 is 75.3 Å². The molecule has 17 heteroatoms. The van der Waals surface area contributed by atoms with Gasteiger partial charge in [-0.2, -0.15) is 43.9 Å². The minimum Gasteiger partial charge on any atom is -1.00 e. The van der Waals surface area contributed by atoms with E-state index in [4.69, 9.17) is 0 Å². The highest BCUT2D eigenvalue weighted by molar-refractivity contribution is 4.81. The van der Waals surface area contributed by atoms with E-state index in [0.29, 0.717) is 6.54 Å². The van der Waals surface area contributed by atoms with Crippen LogP contribution < -0.4 is 12.4 Å². The lowest BCUT2D eigenvalue weighted by atomic mass is 10.1. The lowest BCUT2D eigenvalue weighted by molar-refractivity contribution is -0.544. The highest BCUT2D eigenvalue weighted by Gasteiger charge is 2.72. The maximum absolute atomic E-state index is 13.6. The van der Waals surface area contributed by atoms with Crippen LogP contribution in [0.25, 0.3) is 0 Å². The Morgan fingerprint density at radius 3 is 1.94 bits per heavy atom. The first-order valence-electron chi connectivity index (χ1n) is 10.9. The van der Waals surface area contributed by atoms with Crippen LogP contribution in [0.1, 0.15) is 38.5 Å². The van der Waals surface area contributed by atoms with Crippen LogP contribution in [-0.2, 0) is 18.9 Å². The fraction of sp³-hybridized carbons (Fsp3) is 1.00. The molecule has 0 spiro atoms. The van der Waals surface area contributed by atoms with Crippen LogP contribution in [0.2, 0.25) is 0 Å². The van der Waals surface area contributed by atoms with Gasteiger partial charge in [0.25, 0.3) is 0 Å². The van der Waals surface area contributed by atoms with E-state index in [1.165, 1.54) is 0 Å². The van der Waals surface area contributed by atoms with Gasteiger partial charge in [0.15, 0.2) is 0 Å². The Hall–Kier alpha value is -0.650. The Balaban J connectivity index is 0.00000648. The van der Waals surface area contributed by atoms with Crippen LogP contribution in [0.15, 0.2) is 0 Å². The van der Waals surface area contributed by atoms with Gasteiger partial charge in [-0.05, 0) is 32.2 Å². The maximum atomic E-state index is 13.6. The van der Waals surface area contributed by atoms with Crippen molar-refractivity contribution in [1.82, 2.24) is 9.80 Å². The van der Waals surface area contributed by atoms with Gasteiger partial charge in [0.1, 0.15) is 6.61 Å². The molecule has 0 aromatic heterocycles. The number of halogens is 11. The molecule has 2 aliphatic heterocycles. The Morgan fingerprint density at radius 1 is 0.722 bits per heavy atom. The van der Waals surface area contributed by atoms with Crippen LogP contribution in [-0.4, -0.2) is 93.0 Å². The molecule has 1 unspecified atom stereocenters. The van der Waals surface area contributed by atoms with Crippen molar-refractivity contribution in [3.8, 4) is 0 Å². The summed E-state index contributed by atoms with van der Waals surface area (Å²) in [5.74, 6) is 0. The van der Waals surface area contributed by atoms with Crippen LogP contribution in [0, 0.1) is 0 Å². The number of hydrogen-bond donors (Lipinski definition) is 0. The predicted molar refractivity (Wildman–Crippen MR) is 99.4 cm³/mol. The molecule has 0 N–H and O–H groups in total. The Morgan fingerprint density at radius 2 is 1.31 bits per heavy atom. The second kappa shape index (κ2) is 12.9. The zero-order valence-corrected chi connectivity index (χ0v) is 20.0. The lowest BCUT2D eigenvalue weighted by Crippen LogP contribution is -3.00. The first-order valence-corrected chi connectivity index (χ1v) is 10.9. The van der Waals surface area contributed by atoms with Crippen molar-refractivity contribution in [2.24, 2.45) is 0 Å². The number of alkyl halides is 10. The van der Waals surface area contributed by atoms with Crippen molar-refractivity contribution in [2.75, 3.05) is 46.5 Å². The van der Waals surface area contributed by atoms with Gasteiger partial charge in [0.2, 0.25) is 0 Å². The highest BCUT2D eigenvalue weighted by Crippen LogP contribution is 2.47. The van der Waals surface area contributed by atoms with E-state index >= 15 is 0 Å². The van der Waals surface area contributed by atoms with E-state index in [-0.39, 0.29) is 38.7 Å². The molecule has 2 heterocycles. The molecular formula is C19H28ClF10N2O4-. The summed E-state index contributed by atoms with van der Waals surface area (Å²) in [6.45, 7) is 0.877. The molecule has 0 bridgehead atoms. The molecular weight excluding hydrogens is 546 g/mol. The van der Waals surface area contributed by atoms with Crippen LogP contribution in [0.4, 0.5) is 43.9 Å². The molecule has 216 valence electrons. The van der Waals surface area contributed by atoms with Gasteiger partial charge in [-0.25, -0.2) is 9.47 Å². The Kier molecular flexibility index (Phi) is 12.0. The molecule has 2 rings (SSSR count). The van der Waals surface area contributed by atoms with Gasteiger partial charge < -0.3 is 21.9 Å². The number of fused-ring (bicyclic) bond motifs is 1. The molecule has 2 fully saturated rings. The van der Waals surface area contributed by atoms with E-state index in [1.54, 1.807) is 0 Å². The molecule has 0 amide bonds. The number of methoxy groups -OCH3 is 1. The second-order valence-corrected chi connectivity index (χ2v) is 8.27. The summed E-state index contributed by atoms with van der Waals surface area (Å²) < 4.78 is 145. The summed E-state index contributed by atoms with van der Waals surface area (Å²) in [7, 11) is -0.0482. The smallest absolute Gasteiger partial charge is 0.453 e. The number of hydrogen-bond acceptors (Lipinski definition) is 6. The third-order valence-electron chi connectivity index (χ3n) is 5.61. The fourth-order valence-electron chi connectivity index (χ4n) is 3.95. The molecule has 1 atom stereocenters. The minimum absolute atomic E-state index is 0. The average Bonchev–Trinajstić information content (AvgIpc) is 2.97. The number of ether oxygens (including phenoxy) is 4. The summed E-state index contributed by atoms with van der Waals surface area (Å²) in [5.41, 5.74) is 0. The van der Waals surface area contributed by atoms with Gasteiger partial charge in [-0.3, -0.25) is 9.80 Å². The van der Waals surface area contributed by atoms with Crippen LogP contribution in [0.5, 0.6) is 0 Å². The van der Waals surface area contributed by atoms with Crippen molar-refractivity contribution in [1.29, 1.82) is 0 Å². The molecule has 0 radical (unpaired) electrons. The highest BCUT2D eigenvalue weighted by atomic mass is 35.5. The van der Waals surface area contributed by atoms with Gasteiger partial charge in [0.05, 0.1) is 6.17 Å². The summed E-state index contributed by atoms with van der Waals surface area (Å²) in [4.78, 5) is 4.50. The van der Waals surface area contributed by atoms with Gasteiger partial charge >= 0.3 is 30.5 Å². The standard InChI is InChI=1S/C19H28F10N2O4.ClH/c1-32-16(22,23)17(24,25)35-19(28,29)18(26,27)34-15(20,21)13-33-12-6-11-31-10-5-9-30-8-4-2-3-7-14(30)31;/h14H,2-13H2,1H3;1H/p-1. The van der Waals surface area contributed by atoms with Crippen LogP contribution in [0.3, 0.4) is 0 Å². The van der Waals surface area contributed by atoms with E-state index in [0.717, 1.165) is 51.7 Å². The van der Waals surface area contributed by atoms with Crippen molar-refractivity contribution in [3.05, 3.63) is 0 Å². The second-order valence-electron chi connectivity index (χ2n) is 8.27. The van der Waals surface area contributed by atoms with Crippen molar-refractivity contribution in [3.63, 3.8) is 0 Å². The third kappa shape index (κ3) is 8.70. The zero-order valence-electron chi connectivity index (χ0n) is 19.2. The summed E-state index contributed by atoms with van der Waals surface area (Å²) >= 11 is 0. The van der Waals surface area contributed by atoms with E-state index < -0.39 is 37.1 Å².